The van der Waals surface area contributed by atoms with Gasteiger partial charge < -0.3 is 9.80 Å². The molecule has 0 saturated carbocycles. The number of amides is 1. The highest BCUT2D eigenvalue weighted by molar-refractivity contribution is 5.96. The maximum Gasteiger partial charge on any atom is 0.228 e. The van der Waals surface area contributed by atoms with Gasteiger partial charge in [-0.15, -0.1) is 0 Å². The Morgan fingerprint density at radius 2 is 1.62 bits per heavy atom. The molecule has 1 aliphatic carbocycles. The Balaban J connectivity index is 1.19. The van der Waals surface area contributed by atoms with Gasteiger partial charge in [-0.25, -0.2) is 0 Å². The van der Waals surface area contributed by atoms with Gasteiger partial charge in [0.2, 0.25) is 5.91 Å². The van der Waals surface area contributed by atoms with Crippen LogP contribution in [0.2, 0.25) is 0 Å². The third-order valence-electron chi connectivity index (χ3n) is 7.70. The molecule has 3 aliphatic rings. The van der Waals surface area contributed by atoms with Crippen molar-refractivity contribution in [2.24, 2.45) is 0 Å². The van der Waals surface area contributed by atoms with Crippen molar-refractivity contribution in [1.82, 2.24) is 4.90 Å². The highest BCUT2D eigenvalue weighted by Gasteiger charge is 2.41. The van der Waals surface area contributed by atoms with Gasteiger partial charge in [0.15, 0.2) is 0 Å². The van der Waals surface area contributed by atoms with E-state index in [-0.39, 0.29) is 11.3 Å². The molecule has 29 heavy (non-hydrogen) atoms. The van der Waals surface area contributed by atoms with E-state index in [4.69, 9.17) is 0 Å². The minimum absolute atomic E-state index is 0.0413. The summed E-state index contributed by atoms with van der Waals surface area (Å²) in [6.45, 7) is 8.39. The van der Waals surface area contributed by atoms with Crippen LogP contribution in [-0.2, 0) is 22.0 Å². The molecule has 0 bridgehead atoms. The first kappa shape index (κ1) is 18.9. The molecule has 3 heteroatoms. The molecule has 0 unspecified atom stereocenters. The number of carbonyl (C=O) groups is 1. The van der Waals surface area contributed by atoms with E-state index in [9.17, 15) is 4.79 Å². The molecule has 1 saturated heterocycles. The summed E-state index contributed by atoms with van der Waals surface area (Å²) in [7, 11) is 0. The molecular weight excluding hydrogens is 356 g/mol. The number of benzene rings is 2. The number of rotatable bonds is 3. The van der Waals surface area contributed by atoms with E-state index in [0.717, 1.165) is 31.9 Å². The maximum atomic E-state index is 13.1. The van der Waals surface area contributed by atoms with E-state index in [1.165, 1.54) is 31.2 Å². The summed E-state index contributed by atoms with van der Waals surface area (Å²) < 4.78 is 0. The normalized spacial score (nSPS) is 21.9. The largest absolute Gasteiger partial charge is 0.311 e. The summed E-state index contributed by atoms with van der Waals surface area (Å²) in [5.74, 6) is 0.273. The van der Waals surface area contributed by atoms with Crippen molar-refractivity contribution in [3.63, 3.8) is 0 Å². The lowest BCUT2D eigenvalue weighted by Gasteiger charge is -2.40. The highest BCUT2D eigenvalue weighted by Crippen LogP contribution is 2.46. The lowest BCUT2D eigenvalue weighted by atomic mass is 9.74. The molecule has 5 rings (SSSR count). The van der Waals surface area contributed by atoms with Gasteiger partial charge in [-0.05, 0) is 66.9 Å². The zero-order valence-electron chi connectivity index (χ0n) is 17.8. The van der Waals surface area contributed by atoms with Gasteiger partial charge in [0.25, 0.3) is 0 Å². The number of carbonyl (C=O) groups excluding carboxylic acids is 1. The van der Waals surface area contributed by atoms with Gasteiger partial charge in [0.05, 0.1) is 0 Å². The van der Waals surface area contributed by atoms with Crippen molar-refractivity contribution in [3.8, 4) is 0 Å². The van der Waals surface area contributed by atoms with Crippen LogP contribution in [0.25, 0.3) is 0 Å². The molecule has 1 fully saturated rings. The molecule has 0 N–H and O–H groups in total. The van der Waals surface area contributed by atoms with Gasteiger partial charge >= 0.3 is 0 Å². The van der Waals surface area contributed by atoms with Crippen molar-refractivity contribution >= 4 is 11.6 Å². The molecule has 152 valence electrons. The Morgan fingerprint density at radius 1 is 0.931 bits per heavy atom. The Morgan fingerprint density at radius 3 is 2.41 bits per heavy atom. The second-order valence-electron chi connectivity index (χ2n) is 9.91. The van der Waals surface area contributed by atoms with Crippen molar-refractivity contribution in [2.75, 3.05) is 31.1 Å². The van der Waals surface area contributed by atoms with Crippen molar-refractivity contribution < 1.29 is 4.79 Å². The summed E-state index contributed by atoms with van der Waals surface area (Å²) in [4.78, 5) is 17.6. The lowest BCUT2D eigenvalue weighted by molar-refractivity contribution is -0.119. The summed E-state index contributed by atoms with van der Waals surface area (Å²) in [6, 6.07) is 17.4. The lowest BCUT2D eigenvalue weighted by Crippen LogP contribution is -2.43. The summed E-state index contributed by atoms with van der Waals surface area (Å²) >= 11 is 0. The zero-order chi connectivity index (χ0) is 20.1. The van der Waals surface area contributed by atoms with Gasteiger partial charge in [0.1, 0.15) is 0 Å². The molecule has 1 spiro atoms. The van der Waals surface area contributed by atoms with Gasteiger partial charge in [-0.2, -0.15) is 0 Å². The van der Waals surface area contributed by atoms with Crippen LogP contribution >= 0.6 is 0 Å². The van der Waals surface area contributed by atoms with Crippen molar-refractivity contribution in [2.45, 2.75) is 56.8 Å². The Hall–Kier alpha value is -2.13. The number of hydrogen-bond donors (Lipinski definition) is 0. The second-order valence-corrected chi connectivity index (χ2v) is 9.91. The number of fused-ring (bicyclic) bond motifs is 3. The first-order valence-electron chi connectivity index (χ1n) is 11.2. The number of anilines is 1. The SMILES string of the molecule is CC1(C)CN(C(=O)CCN2CCC3(CCc4ccccc43)CC2)c2ccccc21. The average Bonchev–Trinajstić information content (AvgIpc) is 3.23. The quantitative estimate of drug-likeness (QED) is 0.762. The standard InChI is InChI=1S/C26H32N2O/c1-25(2)19-28(23-10-6-5-9-22(23)25)24(29)12-16-27-17-14-26(15-18-27)13-11-20-7-3-4-8-21(20)26/h3-10H,11-19H2,1-2H3. The van der Waals surface area contributed by atoms with E-state index >= 15 is 0 Å². The van der Waals surface area contributed by atoms with Gasteiger partial charge in [0, 0.05) is 30.6 Å². The van der Waals surface area contributed by atoms with Crippen molar-refractivity contribution in [1.29, 1.82) is 0 Å². The zero-order valence-corrected chi connectivity index (χ0v) is 17.8. The number of para-hydroxylation sites is 1. The van der Waals surface area contributed by atoms with Crippen LogP contribution in [0, 0.1) is 0 Å². The topological polar surface area (TPSA) is 23.6 Å². The number of likely N-dealkylation sites (tertiary alicyclic amines) is 1. The molecule has 0 radical (unpaired) electrons. The average molecular weight is 389 g/mol. The van der Waals surface area contributed by atoms with E-state index < -0.39 is 0 Å². The van der Waals surface area contributed by atoms with Gasteiger partial charge in [-0.3, -0.25) is 4.79 Å². The second kappa shape index (κ2) is 6.98. The van der Waals surface area contributed by atoms with E-state index in [0.29, 0.717) is 11.8 Å². The van der Waals surface area contributed by atoms with Crippen LogP contribution in [0.1, 0.15) is 56.2 Å². The maximum absolute atomic E-state index is 13.1. The molecule has 3 nitrogen and oxygen atoms in total. The monoisotopic (exact) mass is 388 g/mol. The summed E-state index contributed by atoms with van der Waals surface area (Å²) in [6.07, 6.45) is 5.63. The number of piperidine rings is 1. The number of aryl methyl sites for hydroxylation is 1. The predicted octanol–water partition coefficient (Wildman–Crippen LogP) is 4.68. The molecule has 2 aromatic carbocycles. The molecule has 0 atom stereocenters. The molecule has 2 heterocycles. The fraction of sp³-hybridized carbons (Fsp3) is 0.500. The Labute approximate surface area is 174 Å². The number of hydrogen-bond acceptors (Lipinski definition) is 2. The first-order chi connectivity index (χ1) is 14.0. The third kappa shape index (κ3) is 3.20. The summed E-state index contributed by atoms with van der Waals surface area (Å²) in [5.41, 5.74) is 6.02. The Kier molecular flexibility index (Phi) is 4.54. The fourth-order valence-corrected chi connectivity index (χ4v) is 5.95. The van der Waals surface area contributed by atoms with Crippen LogP contribution in [0.3, 0.4) is 0 Å². The van der Waals surface area contributed by atoms with E-state index in [1.807, 2.05) is 11.0 Å². The van der Waals surface area contributed by atoms with E-state index in [1.54, 1.807) is 11.1 Å². The molecule has 0 aromatic heterocycles. The first-order valence-corrected chi connectivity index (χ1v) is 11.2. The van der Waals surface area contributed by atoms with Crippen LogP contribution in [0.15, 0.2) is 48.5 Å². The third-order valence-corrected chi connectivity index (χ3v) is 7.70. The predicted molar refractivity (Wildman–Crippen MR) is 119 cm³/mol. The van der Waals surface area contributed by atoms with E-state index in [2.05, 4.69) is 61.2 Å². The molecule has 2 aromatic rings. The number of nitrogens with zero attached hydrogens (tertiary/aromatic N) is 2. The van der Waals surface area contributed by atoms with Crippen LogP contribution in [-0.4, -0.2) is 37.0 Å². The summed E-state index contributed by atoms with van der Waals surface area (Å²) in [5, 5.41) is 0. The minimum Gasteiger partial charge on any atom is -0.311 e. The minimum atomic E-state index is 0.0413. The molecule has 2 aliphatic heterocycles. The highest BCUT2D eigenvalue weighted by atomic mass is 16.2. The van der Waals surface area contributed by atoms with Crippen LogP contribution < -0.4 is 4.90 Å². The fourth-order valence-electron chi connectivity index (χ4n) is 5.95. The Bertz CT molecular complexity index is 924. The van der Waals surface area contributed by atoms with Crippen LogP contribution in [0.5, 0.6) is 0 Å². The van der Waals surface area contributed by atoms with Crippen LogP contribution in [0.4, 0.5) is 5.69 Å². The molecular formula is C26H32N2O. The molecule has 1 amide bonds. The van der Waals surface area contributed by atoms with Gasteiger partial charge in [-0.1, -0.05) is 56.3 Å². The van der Waals surface area contributed by atoms with Crippen molar-refractivity contribution in [3.05, 3.63) is 65.2 Å². The smallest absolute Gasteiger partial charge is 0.228 e.